The van der Waals surface area contributed by atoms with Crippen molar-refractivity contribution < 1.29 is 4.42 Å². The summed E-state index contributed by atoms with van der Waals surface area (Å²) in [6.45, 7) is 3.51. The first-order valence-electron chi connectivity index (χ1n) is 6.52. The van der Waals surface area contributed by atoms with Crippen LogP contribution in [0.4, 0.5) is 0 Å². The van der Waals surface area contributed by atoms with Gasteiger partial charge in [-0.15, -0.1) is 0 Å². The molecule has 0 spiro atoms. The van der Waals surface area contributed by atoms with Crippen molar-refractivity contribution in [1.29, 1.82) is 0 Å². The number of rotatable bonds is 4. The number of aryl methyl sites for hydroxylation is 1. The van der Waals surface area contributed by atoms with Crippen molar-refractivity contribution in [3.8, 4) is 0 Å². The van der Waals surface area contributed by atoms with Gasteiger partial charge >= 0.3 is 0 Å². The molecule has 3 nitrogen and oxygen atoms in total. The maximum absolute atomic E-state index is 6.16. The van der Waals surface area contributed by atoms with Crippen LogP contribution >= 0.6 is 11.6 Å². The molecule has 0 aliphatic rings. The molecular formula is C16H15ClN2O. The molecule has 0 amide bonds. The lowest BCUT2D eigenvalue weighted by Gasteiger charge is -2.06. The van der Waals surface area contributed by atoms with E-state index in [0.29, 0.717) is 11.8 Å². The van der Waals surface area contributed by atoms with Crippen molar-refractivity contribution in [1.82, 2.24) is 10.3 Å². The molecule has 3 aromatic rings. The van der Waals surface area contributed by atoms with Gasteiger partial charge in [-0.05, 0) is 41.8 Å². The van der Waals surface area contributed by atoms with Crippen molar-refractivity contribution in [3.05, 3.63) is 64.6 Å². The van der Waals surface area contributed by atoms with Crippen LogP contribution in [0, 0.1) is 6.92 Å². The molecule has 102 valence electrons. The van der Waals surface area contributed by atoms with Gasteiger partial charge < -0.3 is 9.73 Å². The predicted octanol–water partition coefficient (Wildman–Crippen LogP) is 4.08. The molecule has 0 saturated heterocycles. The Bertz CT molecular complexity index is 736. The number of nitrogens with one attached hydrogen (secondary N) is 1. The first-order valence-corrected chi connectivity index (χ1v) is 6.89. The van der Waals surface area contributed by atoms with Gasteiger partial charge in [0.05, 0.1) is 0 Å². The molecular weight excluding hydrogens is 272 g/mol. The second-order valence-corrected chi connectivity index (χ2v) is 5.10. The lowest BCUT2D eigenvalue weighted by Crippen LogP contribution is -2.13. The smallest absolute Gasteiger partial charge is 0.199 e. The van der Waals surface area contributed by atoms with Crippen molar-refractivity contribution in [2.45, 2.75) is 20.0 Å². The van der Waals surface area contributed by atoms with Gasteiger partial charge in [0.1, 0.15) is 5.58 Å². The summed E-state index contributed by atoms with van der Waals surface area (Å²) in [5, 5.41) is 4.92. The number of halogens is 1. The van der Waals surface area contributed by atoms with Crippen LogP contribution in [0.2, 0.25) is 5.22 Å². The van der Waals surface area contributed by atoms with Gasteiger partial charge in [-0.1, -0.05) is 18.2 Å². The minimum absolute atomic E-state index is 0.460. The Hall–Kier alpha value is -1.84. The summed E-state index contributed by atoms with van der Waals surface area (Å²) < 4.78 is 5.54. The number of aromatic nitrogens is 1. The average Bonchev–Trinajstić information content (AvgIpc) is 2.77. The molecule has 0 atom stereocenters. The molecule has 1 N–H and O–H groups in total. The van der Waals surface area contributed by atoms with E-state index in [1.165, 1.54) is 11.1 Å². The number of hydrogen-bond donors (Lipinski definition) is 1. The van der Waals surface area contributed by atoms with Gasteiger partial charge in [-0.25, -0.2) is 0 Å². The maximum atomic E-state index is 6.16. The maximum Gasteiger partial charge on any atom is 0.199 e. The van der Waals surface area contributed by atoms with E-state index in [0.717, 1.165) is 23.1 Å². The highest BCUT2D eigenvalue weighted by atomic mass is 35.5. The third-order valence-corrected chi connectivity index (χ3v) is 3.72. The molecule has 0 aliphatic heterocycles. The summed E-state index contributed by atoms with van der Waals surface area (Å²) in [5.41, 5.74) is 4.25. The molecule has 0 saturated carbocycles. The quantitative estimate of drug-likeness (QED) is 0.785. The van der Waals surface area contributed by atoms with Crippen LogP contribution in [-0.2, 0) is 13.1 Å². The Labute approximate surface area is 122 Å². The minimum atomic E-state index is 0.460. The normalized spacial score (nSPS) is 11.1. The zero-order valence-corrected chi connectivity index (χ0v) is 11.9. The van der Waals surface area contributed by atoms with Crippen molar-refractivity contribution in [3.63, 3.8) is 0 Å². The van der Waals surface area contributed by atoms with E-state index < -0.39 is 0 Å². The first kappa shape index (κ1) is 13.2. The monoisotopic (exact) mass is 286 g/mol. The van der Waals surface area contributed by atoms with E-state index in [-0.39, 0.29) is 0 Å². The third-order valence-electron chi connectivity index (χ3n) is 3.41. The number of nitrogens with zero attached hydrogens (tertiary/aromatic N) is 1. The van der Waals surface area contributed by atoms with Crippen LogP contribution in [0.1, 0.15) is 16.7 Å². The number of benzene rings is 1. The third kappa shape index (κ3) is 2.55. The fourth-order valence-electron chi connectivity index (χ4n) is 2.24. The van der Waals surface area contributed by atoms with Gasteiger partial charge in [-0.2, -0.15) is 0 Å². The van der Waals surface area contributed by atoms with Crippen molar-refractivity contribution >= 4 is 22.6 Å². The summed E-state index contributed by atoms with van der Waals surface area (Å²) in [6, 6.07) is 9.89. The Morgan fingerprint density at radius 1 is 1.20 bits per heavy atom. The van der Waals surface area contributed by atoms with E-state index in [2.05, 4.69) is 17.2 Å². The molecule has 20 heavy (non-hydrogen) atoms. The van der Waals surface area contributed by atoms with E-state index in [1.807, 2.05) is 36.5 Å². The molecule has 3 rings (SSSR count). The Morgan fingerprint density at radius 3 is 2.90 bits per heavy atom. The van der Waals surface area contributed by atoms with E-state index in [9.17, 15) is 0 Å². The standard InChI is InChI=1S/C16H15ClN2O/c1-11-6-7-18-8-12(11)9-19-10-14-13-4-2-3-5-15(13)20-16(14)17/h2-8,19H,9-10H2,1H3. The fourth-order valence-corrected chi connectivity index (χ4v) is 2.49. The van der Waals surface area contributed by atoms with E-state index in [1.54, 1.807) is 6.20 Å². The van der Waals surface area contributed by atoms with Gasteiger partial charge in [-0.3, -0.25) is 4.98 Å². The average molecular weight is 287 g/mol. The summed E-state index contributed by atoms with van der Waals surface area (Å²) in [6.07, 6.45) is 3.69. The molecule has 0 aliphatic carbocycles. The van der Waals surface area contributed by atoms with Gasteiger partial charge in [0.2, 0.25) is 0 Å². The molecule has 1 aromatic carbocycles. The van der Waals surface area contributed by atoms with Gasteiger partial charge in [0, 0.05) is 36.4 Å². The van der Waals surface area contributed by atoms with Crippen LogP contribution in [0.3, 0.4) is 0 Å². The fraction of sp³-hybridized carbons (Fsp3) is 0.188. The van der Waals surface area contributed by atoms with Crippen LogP contribution in [0.25, 0.3) is 11.0 Å². The molecule has 0 unspecified atom stereocenters. The number of pyridine rings is 1. The summed E-state index contributed by atoms with van der Waals surface area (Å²) in [4.78, 5) is 4.14. The SMILES string of the molecule is Cc1ccncc1CNCc1c(Cl)oc2ccccc12. The van der Waals surface area contributed by atoms with Crippen molar-refractivity contribution in [2.75, 3.05) is 0 Å². The molecule has 0 radical (unpaired) electrons. The lowest BCUT2D eigenvalue weighted by atomic mass is 10.1. The second-order valence-electron chi connectivity index (χ2n) is 4.76. The Morgan fingerprint density at radius 2 is 2.05 bits per heavy atom. The van der Waals surface area contributed by atoms with Gasteiger partial charge in [0.15, 0.2) is 5.22 Å². The molecule has 2 heterocycles. The number of furan rings is 1. The summed E-state index contributed by atoms with van der Waals surface area (Å²) in [5.74, 6) is 0. The molecule has 0 fully saturated rings. The molecule has 0 bridgehead atoms. The highest BCUT2D eigenvalue weighted by Gasteiger charge is 2.11. The Kier molecular flexibility index (Phi) is 3.72. The highest BCUT2D eigenvalue weighted by Crippen LogP contribution is 2.29. The van der Waals surface area contributed by atoms with Gasteiger partial charge in [0.25, 0.3) is 0 Å². The van der Waals surface area contributed by atoms with Crippen LogP contribution in [-0.4, -0.2) is 4.98 Å². The minimum Gasteiger partial charge on any atom is -0.444 e. The predicted molar refractivity (Wildman–Crippen MR) is 80.7 cm³/mol. The number of fused-ring (bicyclic) bond motifs is 1. The first-order chi connectivity index (χ1) is 9.75. The number of hydrogen-bond acceptors (Lipinski definition) is 3. The zero-order chi connectivity index (χ0) is 13.9. The summed E-state index contributed by atoms with van der Waals surface area (Å²) >= 11 is 6.16. The largest absolute Gasteiger partial charge is 0.444 e. The van der Waals surface area contributed by atoms with E-state index in [4.69, 9.17) is 16.0 Å². The molecule has 4 heteroatoms. The molecule has 2 aromatic heterocycles. The lowest BCUT2D eigenvalue weighted by molar-refractivity contribution is 0.604. The van der Waals surface area contributed by atoms with Crippen molar-refractivity contribution in [2.24, 2.45) is 0 Å². The van der Waals surface area contributed by atoms with Crippen LogP contribution in [0.15, 0.2) is 47.1 Å². The topological polar surface area (TPSA) is 38.1 Å². The Balaban J connectivity index is 1.74. The second kappa shape index (κ2) is 5.65. The highest BCUT2D eigenvalue weighted by molar-refractivity contribution is 6.30. The zero-order valence-electron chi connectivity index (χ0n) is 11.2. The van der Waals surface area contributed by atoms with Crippen LogP contribution < -0.4 is 5.32 Å². The van der Waals surface area contributed by atoms with E-state index >= 15 is 0 Å². The number of para-hydroxylation sites is 1. The summed E-state index contributed by atoms with van der Waals surface area (Å²) in [7, 11) is 0. The van der Waals surface area contributed by atoms with Crippen LogP contribution in [0.5, 0.6) is 0 Å².